The van der Waals surface area contributed by atoms with Gasteiger partial charge in [-0.3, -0.25) is 4.79 Å². The van der Waals surface area contributed by atoms with E-state index in [1.54, 1.807) is 0 Å². The third kappa shape index (κ3) is 3.61. The summed E-state index contributed by atoms with van der Waals surface area (Å²) in [7, 11) is 1.43. The lowest BCUT2D eigenvalue weighted by Crippen LogP contribution is -2.33. The first kappa shape index (κ1) is 14.1. The molecule has 1 heterocycles. The zero-order valence-corrected chi connectivity index (χ0v) is 13.2. The molecule has 0 aromatic heterocycles. The van der Waals surface area contributed by atoms with Crippen LogP contribution >= 0.6 is 34.4 Å². The highest BCUT2D eigenvalue weighted by Gasteiger charge is 2.22. The first-order valence-electron chi connectivity index (χ1n) is 5.88. The molecule has 0 saturated carbocycles. The van der Waals surface area contributed by atoms with E-state index in [2.05, 4.69) is 52.2 Å². The summed E-state index contributed by atoms with van der Waals surface area (Å²) in [5.74, 6) is -0.162. The van der Waals surface area contributed by atoms with Gasteiger partial charge in [-0.05, 0) is 18.1 Å². The van der Waals surface area contributed by atoms with Crippen LogP contribution in [-0.2, 0) is 16.0 Å². The van der Waals surface area contributed by atoms with E-state index in [1.165, 1.54) is 17.6 Å². The standard InChI is InChI=1S/C13H16INO2S/c1-17-13(16)11(14)8-15-7-10-6-9-4-2-3-5-12(9)18-10/h2-5,10-11,15H,6-8H2,1H3. The Balaban J connectivity index is 1.73. The van der Waals surface area contributed by atoms with Crippen molar-refractivity contribution >= 4 is 40.3 Å². The highest BCUT2D eigenvalue weighted by Crippen LogP contribution is 2.36. The summed E-state index contributed by atoms with van der Waals surface area (Å²) in [6, 6.07) is 8.54. The predicted octanol–water partition coefficient (Wildman–Crippen LogP) is 2.27. The number of halogens is 1. The second-order valence-corrected chi connectivity index (χ2v) is 7.05. The fourth-order valence-electron chi connectivity index (χ4n) is 1.95. The number of methoxy groups -OCH3 is 1. The van der Waals surface area contributed by atoms with Crippen molar-refractivity contribution < 1.29 is 9.53 Å². The third-order valence-electron chi connectivity index (χ3n) is 2.87. The average molecular weight is 377 g/mol. The molecule has 1 aliphatic heterocycles. The maximum Gasteiger partial charge on any atom is 0.319 e. The molecule has 2 atom stereocenters. The summed E-state index contributed by atoms with van der Waals surface area (Å²) in [4.78, 5) is 12.6. The lowest BCUT2D eigenvalue weighted by Gasteiger charge is -2.12. The van der Waals surface area contributed by atoms with Gasteiger partial charge in [0.05, 0.1) is 7.11 Å². The zero-order valence-electron chi connectivity index (χ0n) is 10.2. The van der Waals surface area contributed by atoms with E-state index in [-0.39, 0.29) is 9.89 Å². The number of hydrogen-bond donors (Lipinski definition) is 1. The first-order valence-corrected chi connectivity index (χ1v) is 8.00. The van der Waals surface area contributed by atoms with E-state index in [1.807, 2.05) is 11.8 Å². The molecule has 0 saturated heterocycles. The van der Waals surface area contributed by atoms with Gasteiger partial charge in [0.15, 0.2) is 0 Å². The molecule has 3 nitrogen and oxygen atoms in total. The Morgan fingerprint density at radius 3 is 3.11 bits per heavy atom. The Labute approximate surface area is 125 Å². The van der Waals surface area contributed by atoms with E-state index in [0.717, 1.165) is 13.0 Å². The summed E-state index contributed by atoms with van der Waals surface area (Å²) in [6.45, 7) is 1.59. The van der Waals surface area contributed by atoms with Gasteiger partial charge >= 0.3 is 5.97 Å². The zero-order chi connectivity index (χ0) is 13.0. The van der Waals surface area contributed by atoms with E-state index in [0.29, 0.717) is 11.8 Å². The van der Waals surface area contributed by atoms with Crippen LogP contribution in [0, 0.1) is 0 Å². The summed E-state index contributed by atoms with van der Waals surface area (Å²) in [5.41, 5.74) is 1.44. The Kier molecular flexibility index (Phi) is 5.32. The molecule has 2 rings (SSSR count). The van der Waals surface area contributed by atoms with Gasteiger partial charge < -0.3 is 10.1 Å². The van der Waals surface area contributed by atoms with Gasteiger partial charge in [-0.25, -0.2) is 0 Å². The number of alkyl halides is 1. The molecule has 1 N–H and O–H groups in total. The number of thioether (sulfide) groups is 1. The number of fused-ring (bicyclic) bond motifs is 1. The quantitative estimate of drug-likeness (QED) is 0.486. The second-order valence-electron chi connectivity index (χ2n) is 4.20. The van der Waals surface area contributed by atoms with Gasteiger partial charge in [0.2, 0.25) is 0 Å². The van der Waals surface area contributed by atoms with E-state index >= 15 is 0 Å². The number of nitrogens with one attached hydrogen (secondary N) is 1. The first-order chi connectivity index (χ1) is 8.70. The number of benzene rings is 1. The van der Waals surface area contributed by atoms with Gasteiger partial charge in [-0.2, -0.15) is 0 Å². The number of esters is 1. The lowest BCUT2D eigenvalue weighted by atomic mass is 10.1. The van der Waals surface area contributed by atoms with Crippen molar-refractivity contribution in [2.45, 2.75) is 20.5 Å². The van der Waals surface area contributed by atoms with E-state index in [4.69, 9.17) is 4.74 Å². The van der Waals surface area contributed by atoms with Crippen LogP contribution in [0.5, 0.6) is 0 Å². The number of carbonyl (C=O) groups is 1. The smallest absolute Gasteiger partial charge is 0.319 e. The van der Waals surface area contributed by atoms with Crippen LogP contribution in [0.2, 0.25) is 0 Å². The number of rotatable bonds is 5. The van der Waals surface area contributed by atoms with Gasteiger partial charge in [0.1, 0.15) is 3.92 Å². The number of hydrogen-bond acceptors (Lipinski definition) is 4. The van der Waals surface area contributed by atoms with Crippen LogP contribution in [0.3, 0.4) is 0 Å². The molecule has 0 fully saturated rings. The largest absolute Gasteiger partial charge is 0.468 e. The topological polar surface area (TPSA) is 38.3 Å². The maximum absolute atomic E-state index is 11.2. The molecule has 2 unspecified atom stereocenters. The van der Waals surface area contributed by atoms with Crippen molar-refractivity contribution in [2.24, 2.45) is 0 Å². The minimum absolute atomic E-state index is 0.110. The molecule has 0 spiro atoms. The summed E-state index contributed by atoms with van der Waals surface area (Å²) in [5, 5.41) is 3.92. The molecular weight excluding hydrogens is 361 g/mol. The van der Waals surface area contributed by atoms with Crippen molar-refractivity contribution in [3.05, 3.63) is 29.8 Å². The van der Waals surface area contributed by atoms with E-state index < -0.39 is 0 Å². The van der Waals surface area contributed by atoms with Crippen molar-refractivity contribution in [1.82, 2.24) is 5.32 Å². The van der Waals surface area contributed by atoms with Crippen molar-refractivity contribution in [3.8, 4) is 0 Å². The predicted molar refractivity (Wildman–Crippen MR) is 82.5 cm³/mol. The minimum atomic E-state index is -0.162. The normalized spacial score (nSPS) is 19.3. The van der Waals surface area contributed by atoms with Crippen molar-refractivity contribution in [2.75, 3.05) is 20.2 Å². The van der Waals surface area contributed by atoms with Crippen LogP contribution in [0.4, 0.5) is 0 Å². The Morgan fingerprint density at radius 2 is 2.39 bits per heavy atom. The highest BCUT2D eigenvalue weighted by molar-refractivity contribution is 14.1. The Morgan fingerprint density at radius 1 is 1.61 bits per heavy atom. The fraction of sp³-hybridized carbons (Fsp3) is 0.462. The summed E-state index contributed by atoms with van der Waals surface area (Å²) >= 11 is 4.03. The molecule has 1 aromatic carbocycles. The molecule has 18 heavy (non-hydrogen) atoms. The third-order valence-corrected chi connectivity index (χ3v) is 5.13. The SMILES string of the molecule is COC(=O)C(I)CNCC1Cc2ccccc2S1. The van der Waals surface area contributed by atoms with Crippen LogP contribution in [0.15, 0.2) is 29.2 Å². The average Bonchev–Trinajstić information content (AvgIpc) is 2.80. The van der Waals surface area contributed by atoms with Crippen molar-refractivity contribution in [3.63, 3.8) is 0 Å². The van der Waals surface area contributed by atoms with Gasteiger partial charge in [-0.1, -0.05) is 40.8 Å². The molecule has 0 amide bonds. The monoisotopic (exact) mass is 377 g/mol. The van der Waals surface area contributed by atoms with Gasteiger partial charge in [0, 0.05) is 23.2 Å². The highest BCUT2D eigenvalue weighted by atomic mass is 127. The molecule has 1 aromatic rings. The van der Waals surface area contributed by atoms with E-state index in [9.17, 15) is 4.79 Å². The number of ether oxygens (including phenoxy) is 1. The number of carbonyl (C=O) groups excluding carboxylic acids is 1. The van der Waals surface area contributed by atoms with Crippen LogP contribution in [-0.4, -0.2) is 35.3 Å². The fourth-order valence-corrected chi connectivity index (χ4v) is 3.80. The van der Waals surface area contributed by atoms with Gasteiger partial charge in [-0.15, -0.1) is 11.8 Å². The lowest BCUT2D eigenvalue weighted by molar-refractivity contribution is -0.139. The molecule has 0 radical (unpaired) electrons. The minimum Gasteiger partial charge on any atom is -0.468 e. The maximum atomic E-state index is 11.2. The van der Waals surface area contributed by atoms with Gasteiger partial charge in [0.25, 0.3) is 0 Å². The van der Waals surface area contributed by atoms with Crippen LogP contribution in [0.1, 0.15) is 5.56 Å². The Hall–Kier alpha value is -0.270. The molecular formula is C13H16INO2S. The molecule has 5 heteroatoms. The summed E-state index contributed by atoms with van der Waals surface area (Å²) in [6.07, 6.45) is 1.11. The molecule has 0 bridgehead atoms. The molecule has 0 aliphatic carbocycles. The van der Waals surface area contributed by atoms with Crippen molar-refractivity contribution in [1.29, 1.82) is 0 Å². The van der Waals surface area contributed by atoms with Crippen LogP contribution < -0.4 is 5.32 Å². The van der Waals surface area contributed by atoms with Crippen LogP contribution in [0.25, 0.3) is 0 Å². The summed E-state index contributed by atoms with van der Waals surface area (Å²) < 4.78 is 4.58. The molecule has 1 aliphatic rings. The second kappa shape index (κ2) is 6.77. The molecule has 98 valence electrons. The Bertz CT molecular complexity index is 402.